The third-order valence-electron chi connectivity index (χ3n) is 1.89. The van der Waals surface area contributed by atoms with Crippen LogP contribution in [-0.4, -0.2) is 36.7 Å². The van der Waals surface area contributed by atoms with Gasteiger partial charge in [0.2, 0.25) is 0 Å². The third-order valence-corrected chi connectivity index (χ3v) is 1.89. The molecule has 1 N–H and O–H groups in total. The van der Waals surface area contributed by atoms with Crippen molar-refractivity contribution in [3.05, 3.63) is 11.3 Å². The molecule has 5 nitrogen and oxygen atoms in total. The first-order valence-electron chi connectivity index (χ1n) is 4.96. The lowest BCUT2D eigenvalue weighted by molar-refractivity contribution is -0.140. The molecule has 0 atom stereocenters. The highest BCUT2D eigenvalue weighted by Gasteiger charge is 2.04. The van der Waals surface area contributed by atoms with Crippen molar-refractivity contribution in [2.45, 2.75) is 26.7 Å². The molecular weight excluding hydrogens is 210 g/mol. The van der Waals surface area contributed by atoms with E-state index >= 15 is 0 Å². The molecule has 0 aliphatic carbocycles. The number of Topliss-reactive ketones (excluding diaryl/α,β-unsaturated/α-hetero) is 1. The number of ether oxygens (including phenoxy) is 1. The van der Waals surface area contributed by atoms with E-state index in [1.54, 1.807) is 0 Å². The van der Waals surface area contributed by atoms with Crippen LogP contribution in [0, 0.1) is 0 Å². The first-order valence-corrected chi connectivity index (χ1v) is 4.96. The van der Waals surface area contributed by atoms with E-state index < -0.39 is 0 Å². The molecule has 0 aliphatic rings. The Morgan fingerprint density at radius 1 is 1.38 bits per heavy atom. The summed E-state index contributed by atoms with van der Waals surface area (Å²) in [6.45, 7) is 3.20. The normalized spacial score (nSPS) is 12.4. The highest BCUT2D eigenvalue weighted by Crippen LogP contribution is 2.00. The Bertz CT molecular complexity index is 314. The molecule has 0 amide bonds. The zero-order valence-electron chi connectivity index (χ0n) is 9.82. The molecule has 0 saturated carbocycles. The molecule has 0 unspecified atom stereocenters. The van der Waals surface area contributed by atoms with E-state index in [-0.39, 0.29) is 23.1 Å². The van der Waals surface area contributed by atoms with Gasteiger partial charge in [-0.25, -0.2) is 0 Å². The van der Waals surface area contributed by atoms with Crippen LogP contribution in [0.25, 0.3) is 0 Å². The second-order valence-electron chi connectivity index (χ2n) is 3.27. The molecular formula is C11H17NO4. The molecule has 0 bridgehead atoms. The highest BCUT2D eigenvalue weighted by atomic mass is 16.5. The summed E-state index contributed by atoms with van der Waals surface area (Å²) >= 11 is 0. The van der Waals surface area contributed by atoms with Crippen molar-refractivity contribution in [2.75, 3.05) is 13.7 Å². The van der Waals surface area contributed by atoms with Gasteiger partial charge in [-0.05, 0) is 20.3 Å². The van der Waals surface area contributed by atoms with Gasteiger partial charge in [-0.2, -0.15) is 0 Å². The van der Waals surface area contributed by atoms with E-state index in [0.717, 1.165) is 0 Å². The fourth-order valence-corrected chi connectivity index (χ4v) is 1.01. The molecule has 0 aliphatic heterocycles. The molecule has 90 valence electrons. The summed E-state index contributed by atoms with van der Waals surface area (Å²) in [4.78, 5) is 25.7. The first kappa shape index (κ1) is 14.3. The summed E-state index contributed by atoms with van der Waals surface area (Å²) in [6.07, 6.45) is 2.18. The van der Waals surface area contributed by atoms with E-state index in [2.05, 4.69) is 9.73 Å². The van der Waals surface area contributed by atoms with Crippen LogP contribution in [0.1, 0.15) is 26.7 Å². The summed E-state index contributed by atoms with van der Waals surface area (Å²) in [5.74, 6) is -0.572. The number of carbonyl (C=O) groups is 2. The van der Waals surface area contributed by atoms with Crippen LogP contribution in [0.2, 0.25) is 0 Å². The van der Waals surface area contributed by atoms with Gasteiger partial charge in [0.15, 0.2) is 5.78 Å². The lowest BCUT2D eigenvalue weighted by atomic mass is 10.2. The topological polar surface area (TPSA) is 76.0 Å². The first-order chi connectivity index (χ1) is 7.49. The van der Waals surface area contributed by atoms with E-state index in [0.29, 0.717) is 19.4 Å². The molecule has 0 rings (SSSR count). The number of methoxy groups -OCH3 is 1. The van der Waals surface area contributed by atoms with Crippen molar-refractivity contribution in [3.8, 4) is 0 Å². The van der Waals surface area contributed by atoms with Crippen LogP contribution in [0.15, 0.2) is 16.3 Å². The lowest BCUT2D eigenvalue weighted by Gasteiger charge is -1.98. The van der Waals surface area contributed by atoms with Crippen LogP contribution in [0.5, 0.6) is 0 Å². The Hall–Kier alpha value is -1.65. The Morgan fingerprint density at radius 3 is 2.44 bits per heavy atom. The number of aliphatic hydroxyl groups is 1. The lowest BCUT2D eigenvalue weighted by Crippen LogP contribution is -2.03. The van der Waals surface area contributed by atoms with Gasteiger partial charge in [0.25, 0.3) is 0 Å². The second-order valence-corrected chi connectivity index (χ2v) is 3.27. The molecule has 0 fully saturated rings. The quantitative estimate of drug-likeness (QED) is 0.245. The van der Waals surface area contributed by atoms with Crippen LogP contribution < -0.4 is 0 Å². The molecule has 0 spiro atoms. The Morgan fingerprint density at radius 2 is 2.00 bits per heavy atom. The molecule has 0 saturated heterocycles. The Kier molecular flexibility index (Phi) is 6.83. The Labute approximate surface area is 94.8 Å². The Balaban J connectivity index is 4.05. The molecule has 0 aromatic heterocycles. The number of aliphatic imine (C=N–C) groups is 1. The maximum atomic E-state index is 11.0. The number of nitrogens with zero attached hydrogens (tertiary/aromatic N) is 1. The van der Waals surface area contributed by atoms with Gasteiger partial charge in [0.05, 0.1) is 12.7 Å². The number of carbonyl (C=O) groups excluding carboxylic acids is 2. The van der Waals surface area contributed by atoms with E-state index in [1.165, 1.54) is 27.2 Å². The number of hydrogen-bond acceptors (Lipinski definition) is 5. The average Bonchev–Trinajstić information content (AvgIpc) is 2.21. The van der Waals surface area contributed by atoms with Crippen LogP contribution in [0.3, 0.4) is 0 Å². The summed E-state index contributed by atoms with van der Waals surface area (Å²) in [6, 6.07) is 0. The minimum Gasteiger partial charge on any atom is -0.512 e. The molecule has 5 heteroatoms. The van der Waals surface area contributed by atoms with Gasteiger partial charge in [0.1, 0.15) is 5.76 Å². The third kappa shape index (κ3) is 5.95. The molecule has 16 heavy (non-hydrogen) atoms. The predicted octanol–water partition coefficient (Wildman–Crippen LogP) is 1.43. The predicted molar refractivity (Wildman–Crippen MR) is 60.6 cm³/mol. The number of esters is 1. The summed E-state index contributed by atoms with van der Waals surface area (Å²) in [5, 5.41) is 9.16. The largest absolute Gasteiger partial charge is 0.512 e. The SMILES string of the molecule is COC(=O)CCCN=C/C(C(C)=O)=C(/C)O. The summed E-state index contributed by atoms with van der Waals surface area (Å²) in [7, 11) is 1.33. The maximum absolute atomic E-state index is 11.0. The highest BCUT2D eigenvalue weighted by molar-refractivity contribution is 6.12. The van der Waals surface area contributed by atoms with Crippen LogP contribution in [0.4, 0.5) is 0 Å². The van der Waals surface area contributed by atoms with Crippen LogP contribution >= 0.6 is 0 Å². The average molecular weight is 227 g/mol. The van der Waals surface area contributed by atoms with Gasteiger partial charge < -0.3 is 9.84 Å². The van der Waals surface area contributed by atoms with Crippen molar-refractivity contribution >= 4 is 18.0 Å². The standard InChI is InChI=1S/C11H17NO4/c1-8(13)10(9(2)14)7-12-6-4-5-11(15)16-3/h7,13H,4-6H2,1-3H3/b10-8+,12-7?. The summed E-state index contributed by atoms with van der Waals surface area (Å²) < 4.78 is 4.46. The number of allylic oxidation sites excluding steroid dienone is 2. The molecule has 0 aromatic carbocycles. The maximum Gasteiger partial charge on any atom is 0.305 e. The summed E-state index contributed by atoms with van der Waals surface area (Å²) in [5.41, 5.74) is 0.193. The van der Waals surface area contributed by atoms with Gasteiger partial charge >= 0.3 is 5.97 Å². The molecule has 0 heterocycles. The molecule has 0 aromatic rings. The number of ketones is 1. The van der Waals surface area contributed by atoms with Crippen molar-refractivity contribution in [1.29, 1.82) is 0 Å². The van der Waals surface area contributed by atoms with Crippen LogP contribution in [-0.2, 0) is 14.3 Å². The zero-order chi connectivity index (χ0) is 12.6. The monoisotopic (exact) mass is 227 g/mol. The van der Waals surface area contributed by atoms with Crippen molar-refractivity contribution in [3.63, 3.8) is 0 Å². The number of hydrogen-bond donors (Lipinski definition) is 1. The van der Waals surface area contributed by atoms with Crippen molar-refractivity contribution < 1.29 is 19.4 Å². The van der Waals surface area contributed by atoms with Gasteiger partial charge in [-0.1, -0.05) is 0 Å². The second kappa shape index (κ2) is 7.62. The van der Waals surface area contributed by atoms with Gasteiger partial charge in [-0.3, -0.25) is 14.6 Å². The number of rotatable bonds is 6. The van der Waals surface area contributed by atoms with Gasteiger partial charge in [0, 0.05) is 19.2 Å². The molecule has 0 radical (unpaired) electrons. The van der Waals surface area contributed by atoms with Crippen molar-refractivity contribution in [2.24, 2.45) is 4.99 Å². The van der Waals surface area contributed by atoms with Gasteiger partial charge in [-0.15, -0.1) is 0 Å². The van der Waals surface area contributed by atoms with Crippen molar-refractivity contribution in [1.82, 2.24) is 0 Å². The van der Waals surface area contributed by atoms with E-state index in [1.807, 2.05) is 0 Å². The fraction of sp³-hybridized carbons (Fsp3) is 0.545. The minimum absolute atomic E-state index is 0.0517. The zero-order valence-corrected chi connectivity index (χ0v) is 9.82. The minimum atomic E-state index is -0.282. The van der Waals surface area contributed by atoms with E-state index in [9.17, 15) is 9.59 Å². The fourth-order valence-electron chi connectivity index (χ4n) is 1.01. The number of aliphatic hydroxyl groups excluding tert-OH is 1. The smallest absolute Gasteiger partial charge is 0.305 e. The van der Waals surface area contributed by atoms with E-state index in [4.69, 9.17) is 5.11 Å².